The SMILES string of the molecule is CC1CC(C)CN(C(=O)Cn2c(=O)n(-c3cccc(Cl)c3)c(=O)c3sccc32)C1. The standard InChI is InChI=1S/C21H22ClN3O3S/c1-13-8-14(2)11-23(10-13)18(26)12-24-17-6-7-29-19(17)20(27)25(21(24)28)16-5-3-4-15(22)9-16/h3-7,9,13-14H,8,10-12H2,1-2H3. The Hall–Kier alpha value is -2.38. The van der Waals surface area contributed by atoms with Crippen LogP contribution >= 0.6 is 22.9 Å². The van der Waals surface area contributed by atoms with Gasteiger partial charge in [-0.2, -0.15) is 0 Å². The van der Waals surface area contributed by atoms with Gasteiger partial charge in [0.05, 0.1) is 11.2 Å². The van der Waals surface area contributed by atoms with E-state index in [2.05, 4.69) is 13.8 Å². The molecule has 0 radical (unpaired) electrons. The lowest BCUT2D eigenvalue weighted by atomic mass is 9.92. The monoisotopic (exact) mass is 431 g/mol. The van der Waals surface area contributed by atoms with Crippen LogP contribution in [0.2, 0.25) is 5.02 Å². The average molecular weight is 432 g/mol. The summed E-state index contributed by atoms with van der Waals surface area (Å²) in [6, 6.07) is 8.33. The van der Waals surface area contributed by atoms with Crippen molar-refractivity contribution in [1.82, 2.24) is 14.0 Å². The van der Waals surface area contributed by atoms with Crippen LogP contribution in [0.1, 0.15) is 20.3 Å². The summed E-state index contributed by atoms with van der Waals surface area (Å²) < 4.78 is 2.94. The lowest BCUT2D eigenvalue weighted by Gasteiger charge is -2.35. The maximum Gasteiger partial charge on any atom is 0.336 e. The predicted molar refractivity (Wildman–Crippen MR) is 116 cm³/mol. The zero-order chi connectivity index (χ0) is 20.7. The summed E-state index contributed by atoms with van der Waals surface area (Å²) in [4.78, 5) is 41.1. The Kier molecular flexibility index (Phi) is 5.36. The summed E-state index contributed by atoms with van der Waals surface area (Å²) in [6.45, 7) is 5.57. The second-order valence-electron chi connectivity index (χ2n) is 7.87. The van der Waals surface area contributed by atoms with E-state index < -0.39 is 11.2 Å². The Morgan fingerprint density at radius 3 is 2.59 bits per heavy atom. The Labute approximate surface area is 176 Å². The first-order valence-electron chi connectivity index (χ1n) is 9.62. The number of hydrogen-bond donors (Lipinski definition) is 0. The smallest absolute Gasteiger partial charge is 0.336 e. The molecule has 0 N–H and O–H groups in total. The number of rotatable bonds is 3. The molecule has 0 aliphatic carbocycles. The van der Waals surface area contributed by atoms with Crippen LogP contribution in [0.4, 0.5) is 0 Å². The predicted octanol–water partition coefficient (Wildman–Crippen LogP) is 3.37. The number of fused-ring (bicyclic) bond motifs is 1. The average Bonchev–Trinajstić information content (AvgIpc) is 3.14. The van der Waals surface area contributed by atoms with Gasteiger partial charge < -0.3 is 4.90 Å². The van der Waals surface area contributed by atoms with Gasteiger partial charge >= 0.3 is 5.69 Å². The van der Waals surface area contributed by atoms with Crippen molar-refractivity contribution in [3.05, 3.63) is 61.6 Å². The summed E-state index contributed by atoms with van der Waals surface area (Å²) in [5.41, 5.74) is -0.0419. The summed E-state index contributed by atoms with van der Waals surface area (Å²) >= 11 is 7.33. The molecule has 152 valence electrons. The molecule has 1 fully saturated rings. The van der Waals surface area contributed by atoms with Gasteiger partial charge in [0.2, 0.25) is 5.91 Å². The highest BCUT2D eigenvalue weighted by molar-refractivity contribution is 7.17. The molecule has 8 heteroatoms. The molecule has 4 rings (SSSR count). The molecule has 1 aliphatic heterocycles. The van der Waals surface area contributed by atoms with E-state index in [1.165, 1.54) is 15.9 Å². The van der Waals surface area contributed by atoms with Crippen molar-refractivity contribution in [2.45, 2.75) is 26.8 Å². The fraction of sp³-hybridized carbons (Fsp3) is 0.381. The largest absolute Gasteiger partial charge is 0.341 e. The second kappa shape index (κ2) is 7.80. The summed E-state index contributed by atoms with van der Waals surface area (Å²) in [5.74, 6) is 0.760. The molecule has 6 nitrogen and oxygen atoms in total. The van der Waals surface area contributed by atoms with E-state index >= 15 is 0 Å². The molecular formula is C21H22ClN3O3S. The van der Waals surface area contributed by atoms with Crippen molar-refractivity contribution < 1.29 is 4.79 Å². The van der Waals surface area contributed by atoms with E-state index in [9.17, 15) is 14.4 Å². The highest BCUT2D eigenvalue weighted by Gasteiger charge is 2.26. The first-order chi connectivity index (χ1) is 13.8. The van der Waals surface area contributed by atoms with Crippen LogP contribution in [0.3, 0.4) is 0 Å². The van der Waals surface area contributed by atoms with E-state index in [0.717, 1.165) is 11.0 Å². The number of piperidine rings is 1. The summed E-state index contributed by atoms with van der Waals surface area (Å²) in [7, 11) is 0. The van der Waals surface area contributed by atoms with Crippen molar-refractivity contribution in [1.29, 1.82) is 0 Å². The molecule has 0 bridgehead atoms. The third-order valence-electron chi connectivity index (χ3n) is 5.34. The van der Waals surface area contributed by atoms with Crippen LogP contribution in [0.15, 0.2) is 45.3 Å². The minimum Gasteiger partial charge on any atom is -0.341 e. The minimum absolute atomic E-state index is 0.0909. The van der Waals surface area contributed by atoms with Gasteiger partial charge in [0.25, 0.3) is 5.56 Å². The number of carbonyl (C=O) groups excluding carboxylic acids is 1. The fourth-order valence-corrected chi connectivity index (χ4v) is 5.19. The number of likely N-dealkylation sites (tertiary alicyclic amines) is 1. The van der Waals surface area contributed by atoms with Crippen LogP contribution in [-0.2, 0) is 11.3 Å². The van der Waals surface area contributed by atoms with Crippen LogP contribution in [0, 0.1) is 11.8 Å². The zero-order valence-electron chi connectivity index (χ0n) is 16.3. The highest BCUT2D eigenvalue weighted by Crippen LogP contribution is 2.22. The second-order valence-corrected chi connectivity index (χ2v) is 9.22. The van der Waals surface area contributed by atoms with E-state index in [1.54, 1.807) is 35.7 Å². The third kappa shape index (κ3) is 3.76. The molecule has 1 amide bonds. The van der Waals surface area contributed by atoms with E-state index in [-0.39, 0.29) is 12.5 Å². The molecule has 3 heterocycles. The molecule has 1 aliphatic rings. The van der Waals surface area contributed by atoms with Crippen molar-refractivity contribution in [3.63, 3.8) is 0 Å². The van der Waals surface area contributed by atoms with Crippen molar-refractivity contribution >= 4 is 39.1 Å². The molecular weight excluding hydrogens is 410 g/mol. The van der Waals surface area contributed by atoms with Crippen LogP contribution < -0.4 is 11.2 Å². The first kappa shape index (κ1) is 19.9. The number of carbonyl (C=O) groups is 1. The molecule has 2 aromatic heterocycles. The molecule has 29 heavy (non-hydrogen) atoms. The number of thiophene rings is 1. The quantitative estimate of drug-likeness (QED) is 0.638. The van der Waals surface area contributed by atoms with Gasteiger partial charge in [-0.25, -0.2) is 9.36 Å². The Bertz CT molecular complexity index is 1190. The normalized spacial score (nSPS) is 19.6. The first-order valence-corrected chi connectivity index (χ1v) is 10.9. The summed E-state index contributed by atoms with van der Waals surface area (Å²) in [5, 5.41) is 2.19. The van der Waals surface area contributed by atoms with Crippen molar-refractivity contribution in [3.8, 4) is 5.69 Å². The number of aromatic nitrogens is 2. The highest BCUT2D eigenvalue weighted by atomic mass is 35.5. The number of halogens is 1. The van der Waals surface area contributed by atoms with Gasteiger partial charge in [-0.3, -0.25) is 14.2 Å². The minimum atomic E-state index is -0.533. The van der Waals surface area contributed by atoms with Gasteiger partial charge in [-0.1, -0.05) is 31.5 Å². The van der Waals surface area contributed by atoms with Gasteiger partial charge in [0, 0.05) is 18.1 Å². The molecule has 3 aromatic rings. The Morgan fingerprint density at radius 1 is 1.17 bits per heavy atom. The van der Waals surface area contributed by atoms with Crippen LogP contribution in [0.5, 0.6) is 0 Å². The Morgan fingerprint density at radius 2 is 1.90 bits per heavy atom. The van der Waals surface area contributed by atoms with Crippen LogP contribution in [-0.4, -0.2) is 33.0 Å². The number of amides is 1. The molecule has 0 spiro atoms. The fourth-order valence-electron chi connectivity index (χ4n) is 4.18. The summed E-state index contributed by atoms with van der Waals surface area (Å²) in [6.07, 6.45) is 1.10. The van der Waals surface area contributed by atoms with E-state index in [1.807, 2.05) is 4.90 Å². The van der Waals surface area contributed by atoms with Crippen LogP contribution in [0.25, 0.3) is 15.9 Å². The lowest BCUT2D eigenvalue weighted by molar-refractivity contribution is -0.134. The number of nitrogens with zero attached hydrogens (tertiary/aromatic N) is 3. The topological polar surface area (TPSA) is 64.3 Å². The number of benzene rings is 1. The lowest BCUT2D eigenvalue weighted by Crippen LogP contribution is -2.46. The van der Waals surface area contributed by atoms with E-state index in [4.69, 9.17) is 11.6 Å². The molecule has 2 unspecified atom stereocenters. The van der Waals surface area contributed by atoms with Gasteiger partial charge in [0.1, 0.15) is 11.2 Å². The van der Waals surface area contributed by atoms with Crippen molar-refractivity contribution in [2.75, 3.05) is 13.1 Å². The van der Waals surface area contributed by atoms with Crippen molar-refractivity contribution in [2.24, 2.45) is 11.8 Å². The number of hydrogen-bond acceptors (Lipinski definition) is 4. The maximum absolute atomic E-state index is 13.3. The third-order valence-corrected chi connectivity index (χ3v) is 6.46. The molecule has 1 saturated heterocycles. The van der Waals surface area contributed by atoms with Gasteiger partial charge in [-0.15, -0.1) is 11.3 Å². The van der Waals surface area contributed by atoms with E-state index in [0.29, 0.717) is 45.9 Å². The Balaban J connectivity index is 1.81. The van der Waals surface area contributed by atoms with Gasteiger partial charge in [-0.05, 0) is 47.9 Å². The molecule has 2 atom stereocenters. The maximum atomic E-state index is 13.3. The zero-order valence-corrected chi connectivity index (χ0v) is 17.9. The molecule has 0 saturated carbocycles. The van der Waals surface area contributed by atoms with Gasteiger partial charge in [0.15, 0.2) is 0 Å². The molecule has 1 aromatic carbocycles.